The molecule has 158 valence electrons. The number of rotatable bonds is 6. The highest BCUT2D eigenvalue weighted by Crippen LogP contribution is 2.33. The highest BCUT2D eigenvalue weighted by Gasteiger charge is 2.23. The highest BCUT2D eigenvalue weighted by atomic mass is 32.1. The molecule has 0 atom stereocenters. The fraction of sp³-hybridized carbons (Fsp3) is 0.240. The van der Waals surface area contributed by atoms with E-state index in [1.807, 2.05) is 44.2 Å². The zero-order valence-electron chi connectivity index (χ0n) is 18.1. The SMILES string of the molecule is Cc1cc(C)c2nc(N(Cc3ccccn3)C(=O)c3ccc(OC(C)C)cc3)sc2c1. The second-order valence-electron chi connectivity index (χ2n) is 7.83. The van der Waals surface area contributed by atoms with E-state index in [1.165, 1.54) is 16.9 Å². The van der Waals surface area contributed by atoms with Crippen LogP contribution in [0, 0.1) is 13.8 Å². The standard InChI is InChI=1S/C25H25N3O2S/c1-16(2)30-21-10-8-19(9-11-21)24(29)28(15-20-7-5-6-12-26-20)25-27-23-18(4)13-17(3)14-22(23)31-25/h5-14,16H,15H2,1-4H3. The van der Waals surface area contributed by atoms with Crippen LogP contribution in [0.4, 0.5) is 5.13 Å². The monoisotopic (exact) mass is 431 g/mol. The van der Waals surface area contributed by atoms with Crippen LogP contribution in [0.3, 0.4) is 0 Å². The van der Waals surface area contributed by atoms with Crippen molar-refractivity contribution in [3.05, 3.63) is 83.2 Å². The Kier molecular flexibility index (Phi) is 6.00. The van der Waals surface area contributed by atoms with Crippen molar-refractivity contribution in [2.24, 2.45) is 0 Å². The van der Waals surface area contributed by atoms with Crippen molar-refractivity contribution >= 4 is 32.6 Å². The lowest BCUT2D eigenvalue weighted by atomic mass is 10.1. The van der Waals surface area contributed by atoms with E-state index in [1.54, 1.807) is 23.2 Å². The third kappa shape index (κ3) is 4.75. The van der Waals surface area contributed by atoms with Gasteiger partial charge >= 0.3 is 0 Å². The number of aromatic nitrogens is 2. The van der Waals surface area contributed by atoms with Gasteiger partial charge in [-0.25, -0.2) is 4.98 Å². The predicted molar refractivity (Wildman–Crippen MR) is 126 cm³/mol. The first-order valence-electron chi connectivity index (χ1n) is 10.3. The Morgan fingerprint density at radius 2 is 1.87 bits per heavy atom. The van der Waals surface area contributed by atoms with Crippen LogP contribution in [0.15, 0.2) is 60.8 Å². The normalized spacial score (nSPS) is 11.1. The maximum Gasteiger partial charge on any atom is 0.260 e. The number of thiazole rings is 1. The van der Waals surface area contributed by atoms with Crippen LogP contribution in [0.1, 0.15) is 41.0 Å². The number of pyridine rings is 1. The second-order valence-corrected chi connectivity index (χ2v) is 8.84. The molecule has 0 aliphatic heterocycles. The first-order valence-corrected chi connectivity index (χ1v) is 11.1. The Hall–Kier alpha value is -3.25. The first kappa shape index (κ1) is 21.0. The lowest BCUT2D eigenvalue weighted by Crippen LogP contribution is -2.30. The molecular weight excluding hydrogens is 406 g/mol. The van der Waals surface area contributed by atoms with Gasteiger partial charge in [0.15, 0.2) is 5.13 Å². The van der Waals surface area contributed by atoms with Crippen LogP contribution in [-0.2, 0) is 6.54 Å². The zero-order chi connectivity index (χ0) is 22.0. The number of hydrogen-bond donors (Lipinski definition) is 0. The highest BCUT2D eigenvalue weighted by molar-refractivity contribution is 7.22. The molecule has 0 N–H and O–H groups in total. The lowest BCUT2D eigenvalue weighted by Gasteiger charge is -2.20. The summed E-state index contributed by atoms with van der Waals surface area (Å²) in [7, 11) is 0. The van der Waals surface area contributed by atoms with Crippen molar-refractivity contribution in [1.29, 1.82) is 0 Å². The molecule has 0 unspecified atom stereocenters. The van der Waals surface area contributed by atoms with Crippen molar-refractivity contribution in [1.82, 2.24) is 9.97 Å². The van der Waals surface area contributed by atoms with Gasteiger partial charge in [0.25, 0.3) is 5.91 Å². The molecule has 0 saturated heterocycles. The smallest absolute Gasteiger partial charge is 0.260 e. The largest absolute Gasteiger partial charge is 0.491 e. The molecule has 4 aromatic rings. The third-order valence-corrected chi connectivity index (χ3v) is 5.84. The van der Waals surface area contributed by atoms with Crippen LogP contribution in [0.25, 0.3) is 10.2 Å². The van der Waals surface area contributed by atoms with E-state index in [4.69, 9.17) is 9.72 Å². The van der Waals surface area contributed by atoms with Crippen molar-refractivity contribution in [2.45, 2.75) is 40.3 Å². The number of benzene rings is 2. The van der Waals surface area contributed by atoms with E-state index < -0.39 is 0 Å². The first-order chi connectivity index (χ1) is 14.9. The van der Waals surface area contributed by atoms with Gasteiger partial charge in [0, 0.05) is 11.8 Å². The number of anilines is 1. The molecule has 0 radical (unpaired) electrons. The summed E-state index contributed by atoms with van der Waals surface area (Å²) in [5.41, 5.74) is 4.62. The molecule has 2 heterocycles. The van der Waals surface area contributed by atoms with Gasteiger partial charge in [-0.2, -0.15) is 0 Å². The number of hydrogen-bond acceptors (Lipinski definition) is 5. The molecule has 6 heteroatoms. The summed E-state index contributed by atoms with van der Waals surface area (Å²) in [5, 5.41) is 0.668. The summed E-state index contributed by atoms with van der Waals surface area (Å²) in [4.78, 5) is 24.5. The van der Waals surface area contributed by atoms with E-state index in [9.17, 15) is 4.79 Å². The van der Waals surface area contributed by atoms with Crippen molar-refractivity contribution in [3.63, 3.8) is 0 Å². The van der Waals surface area contributed by atoms with Crippen molar-refractivity contribution < 1.29 is 9.53 Å². The zero-order valence-corrected chi connectivity index (χ0v) is 18.9. The Balaban J connectivity index is 1.72. The summed E-state index contributed by atoms with van der Waals surface area (Å²) in [6.07, 6.45) is 1.82. The second kappa shape index (κ2) is 8.86. The lowest BCUT2D eigenvalue weighted by molar-refractivity contribution is 0.0984. The number of nitrogens with zero attached hydrogens (tertiary/aromatic N) is 3. The van der Waals surface area contributed by atoms with Gasteiger partial charge < -0.3 is 4.74 Å². The van der Waals surface area contributed by atoms with Gasteiger partial charge in [0.1, 0.15) is 5.75 Å². The van der Waals surface area contributed by atoms with Crippen LogP contribution in [-0.4, -0.2) is 22.0 Å². The Labute approximate surface area is 186 Å². The van der Waals surface area contributed by atoms with Crippen LogP contribution < -0.4 is 9.64 Å². The molecule has 0 saturated carbocycles. The minimum atomic E-state index is -0.116. The van der Waals surface area contributed by atoms with E-state index in [2.05, 4.69) is 31.0 Å². The fourth-order valence-electron chi connectivity index (χ4n) is 3.46. The summed E-state index contributed by atoms with van der Waals surface area (Å²) in [5.74, 6) is 0.629. The quantitative estimate of drug-likeness (QED) is 0.379. The third-order valence-electron chi connectivity index (χ3n) is 4.81. The van der Waals surface area contributed by atoms with E-state index in [-0.39, 0.29) is 12.0 Å². The molecule has 0 aliphatic rings. The molecule has 1 amide bonds. The number of carbonyl (C=O) groups is 1. The van der Waals surface area contributed by atoms with Crippen molar-refractivity contribution in [2.75, 3.05) is 4.90 Å². The van der Waals surface area contributed by atoms with Gasteiger partial charge in [-0.3, -0.25) is 14.7 Å². The summed E-state index contributed by atoms with van der Waals surface area (Å²) < 4.78 is 6.78. The predicted octanol–water partition coefficient (Wildman–Crippen LogP) is 5.94. The average molecular weight is 432 g/mol. The molecule has 0 bridgehead atoms. The maximum absolute atomic E-state index is 13.5. The average Bonchev–Trinajstić information content (AvgIpc) is 3.16. The number of ether oxygens (including phenoxy) is 1. The Bertz CT molecular complexity index is 1200. The van der Waals surface area contributed by atoms with E-state index in [0.717, 1.165) is 27.2 Å². The Morgan fingerprint density at radius 1 is 1.10 bits per heavy atom. The van der Waals surface area contributed by atoms with Crippen LogP contribution in [0.5, 0.6) is 5.75 Å². The van der Waals surface area contributed by atoms with E-state index >= 15 is 0 Å². The Morgan fingerprint density at radius 3 is 2.55 bits per heavy atom. The molecule has 0 aliphatic carbocycles. The molecule has 5 nitrogen and oxygen atoms in total. The fourth-order valence-corrected chi connectivity index (χ4v) is 4.60. The number of carbonyl (C=O) groups excluding carboxylic acids is 1. The molecular formula is C25H25N3O2S. The van der Waals surface area contributed by atoms with E-state index in [0.29, 0.717) is 17.2 Å². The maximum atomic E-state index is 13.5. The minimum absolute atomic E-state index is 0.0802. The van der Waals surface area contributed by atoms with Crippen molar-refractivity contribution in [3.8, 4) is 5.75 Å². The van der Waals surface area contributed by atoms with Gasteiger partial charge in [-0.05, 0) is 81.3 Å². The van der Waals surface area contributed by atoms with Gasteiger partial charge in [0.05, 0.1) is 28.6 Å². The molecule has 0 fully saturated rings. The van der Waals surface area contributed by atoms with Crippen LogP contribution in [0.2, 0.25) is 0 Å². The summed E-state index contributed by atoms with van der Waals surface area (Å²) in [6.45, 7) is 8.43. The van der Waals surface area contributed by atoms with Gasteiger partial charge in [-0.1, -0.05) is 23.5 Å². The van der Waals surface area contributed by atoms with Gasteiger partial charge in [-0.15, -0.1) is 0 Å². The summed E-state index contributed by atoms with van der Waals surface area (Å²) >= 11 is 1.53. The minimum Gasteiger partial charge on any atom is -0.491 e. The van der Waals surface area contributed by atoms with Crippen LogP contribution >= 0.6 is 11.3 Å². The number of amides is 1. The number of aryl methyl sites for hydroxylation is 2. The summed E-state index contributed by atoms with van der Waals surface area (Å²) in [6, 6.07) is 17.2. The topological polar surface area (TPSA) is 55.3 Å². The molecule has 31 heavy (non-hydrogen) atoms. The molecule has 4 rings (SSSR count). The molecule has 2 aromatic carbocycles. The number of fused-ring (bicyclic) bond motifs is 1. The molecule has 2 aromatic heterocycles. The molecule has 0 spiro atoms. The van der Waals surface area contributed by atoms with Gasteiger partial charge in [0.2, 0.25) is 0 Å².